The molecule has 4 aromatic carbocycles. The molecule has 308 valence electrons. The molecule has 4 atom stereocenters. The molecule has 0 radical (unpaired) electrons. The lowest BCUT2D eigenvalue weighted by molar-refractivity contribution is -0.910. The van der Waals surface area contributed by atoms with Crippen molar-refractivity contribution in [2.24, 2.45) is 0 Å². The Kier molecular flexibility index (Phi) is 12.4. The van der Waals surface area contributed by atoms with Crippen molar-refractivity contribution >= 4 is 0 Å². The van der Waals surface area contributed by atoms with Gasteiger partial charge >= 0.3 is 24.7 Å². The van der Waals surface area contributed by atoms with Gasteiger partial charge in [0.15, 0.2) is 0 Å². The minimum absolute atomic E-state index is 0.00222. The van der Waals surface area contributed by atoms with Gasteiger partial charge in [-0.1, -0.05) is 72.8 Å². The van der Waals surface area contributed by atoms with Crippen molar-refractivity contribution in [3.05, 3.63) is 142 Å². The molecule has 57 heavy (non-hydrogen) atoms. The highest BCUT2D eigenvalue weighted by atomic mass is 19.4. The summed E-state index contributed by atoms with van der Waals surface area (Å²) in [5.74, 6) is 0. The number of hydrogen-bond acceptors (Lipinski definition) is 4. The number of nitrogens with zero attached hydrogens (tertiary/aromatic N) is 1. The van der Waals surface area contributed by atoms with Gasteiger partial charge in [0.05, 0.1) is 48.7 Å². The molecule has 0 amide bonds. The molecule has 0 aromatic heterocycles. The zero-order valence-corrected chi connectivity index (χ0v) is 29.8. The van der Waals surface area contributed by atoms with Crippen molar-refractivity contribution in [1.82, 2.24) is 0 Å². The molecule has 0 saturated carbocycles. The number of quaternary nitrogens is 1. The average Bonchev–Trinajstić information content (AvgIpc) is 3.67. The first-order valence-corrected chi connectivity index (χ1v) is 17.7. The van der Waals surface area contributed by atoms with Crippen LogP contribution in [0, 0.1) is 0 Å². The average molecular weight is 823 g/mol. The van der Waals surface area contributed by atoms with Gasteiger partial charge in [-0.2, -0.15) is 52.7 Å². The number of alkyl halides is 12. The van der Waals surface area contributed by atoms with Crippen molar-refractivity contribution < 1.29 is 76.1 Å². The summed E-state index contributed by atoms with van der Waals surface area (Å²) >= 11 is 0. The SMILES string of the molecule is FC(F)(F)c1ccccc1CO[C@H]1C[N+]2(C[C@@H]1OCc1ccccc1C(F)(F)F)C[C@H](OCc1ccccc1C(F)(F)F)[C@@H](OCc1ccccc1C(F)(F)F)C2. The van der Waals surface area contributed by atoms with Gasteiger partial charge in [0.25, 0.3) is 0 Å². The van der Waals surface area contributed by atoms with Gasteiger partial charge in [-0.25, -0.2) is 0 Å². The van der Waals surface area contributed by atoms with Gasteiger partial charge in [-0.15, -0.1) is 0 Å². The standard InChI is InChI=1S/C40H36F12NO4/c41-37(42,43)29-13-5-1-9-25(29)21-54-33-17-53(18-34(33)55-22-26-10-2-6-14-30(26)38(44,45)46)19-35(56-23-27-11-3-7-15-31(27)39(47,48)49)36(20-53)57-24-28-12-4-8-16-32(28)40(50,51)52/h1-16,33-36H,17-24H2/q+1/t33-,34-,35-,36-/m0/s1. The first-order chi connectivity index (χ1) is 26.7. The molecule has 0 aliphatic carbocycles. The predicted octanol–water partition coefficient (Wildman–Crippen LogP) is 10.2. The Morgan fingerprint density at radius 2 is 0.544 bits per heavy atom. The number of ether oxygens (including phenoxy) is 4. The zero-order valence-electron chi connectivity index (χ0n) is 29.8. The van der Waals surface area contributed by atoms with Crippen molar-refractivity contribution in [3.8, 4) is 0 Å². The zero-order chi connectivity index (χ0) is 41.2. The van der Waals surface area contributed by atoms with E-state index in [2.05, 4.69) is 0 Å². The lowest BCUT2D eigenvalue weighted by Crippen LogP contribution is -2.46. The second-order valence-electron chi connectivity index (χ2n) is 14.1. The van der Waals surface area contributed by atoms with Crippen LogP contribution in [0.5, 0.6) is 0 Å². The van der Waals surface area contributed by atoms with E-state index in [-0.39, 0.29) is 52.9 Å². The molecule has 2 saturated heterocycles. The van der Waals surface area contributed by atoms with E-state index in [0.29, 0.717) is 0 Å². The Balaban J connectivity index is 1.29. The van der Waals surface area contributed by atoms with Gasteiger partial charge in [0.2, 0.25) is 0 Å². The van der Waals surface area contributed by atoms with Crippen LogP contribution in [0.15, 0.2) is 97.1 Å². The molecule has 5 nitrogen and oxygen atoms in total. The maximum Gasteiger partial charge on any atom is 0.416 e. The summed E-state index contributed by atoms with van der Waals surface area (Å²) in [6.07, 6.45) is -22.9. The largest absolute Gasteiger partial charge is 0.416 e. The summed E-state index contributed by atoms with van der Waals surface area (Å²) in [7, 11) is 0. The molecule has 2 fully saturated rings. The molecule has 0 bridgehead atoms. The quantitative estimate of drug-likeness (QED) is 0.105. The normalized spacial score (nSPS) is 21.4. The topological polar surface area (TPSA) is 36.9 Å². The third-order valence-corrected chi connectivity index (χ3v) is 10.2. The maximum atomic E-state index is 13.8. The summed E-state index contributed by atoms with van der Waals surface area (Å²) in [4.78, 5) is 0. The van der Waals surface area contributed by atoms with Gasteiger partial charge < -0.3 is 23.4 Å². The van der Waals surface area contributed by atoms with Crippen molar-refractivity contribution in [2.45, 2.75) is 75.5 Å². The Morgan fingerprint density at radius 3 is 0.737 bits per heavy atom. The van der Waals surface area contributed by atoms with E-state index in [1.54, 1.807) is 0 Å². The lowest BCUT2D eigenvalue weighted by Gasteiger charge is -2.29. The Hall–Kier alpha value is -4.16. The predicted molar refractivity (Wildman–Crippen MR) is 180 cm³/mol. The summed E-state index contributed by atoms with van der Waals surface area (Å²) in [6, 6.07) is 18.8. The molecule has 4 aromatic rings. The van der Waals surface area contributed by atoms with E-state index in [4.69, 9.17) is 18.9 Å². The number of rotatable bonds is 12. The fraction of sp³-hybridized carbons (Fsp3) is 0.400. The molecule has 2 heterocycles. The minimum atomic E-state index is -4.72. The molecule has 6 rings (SSSR count). The second kappa shape index (κ2) is 16.6. The van der Waals surface area contributed by atoms with E-state index in [1.165, 1.54) is 72.8 Å². The molecular weight excluding hydrogens is 786 g/mol. The molecule has 2 aliphatic rings. The number of hydrogen-bond donors (Lipinski definition) is 0. The highest BCUT2D eigenvalue weighted by Gasteiger charge is 2.55. The van der Waals surface area contributed by atoms with E-state index in [9.17, 15) is 52.7 Å². The van der Waals surface area contributed by atoms with Crippen LogP contribution < -0.4 is 0 Å². The Bertz CT molecular complexity index is 1690. The monoisotopic (exact) mass is 822 g/mol. The van der Waals surface area contributed by atoms with Crippen LogP contribution in [0.1, 0.15) is 44.5 Å². The number of halogens is 12. The smallest absolute Gasteiger partial charge is 0.365 e. The van der Waals surface area contributed by atoms with Crippen LogP contribution in [0.25, 0.3) is 0 Å². The van der Waals surface area contributed by atoms with Crippen LogP contribution in [0.2, 0.25) is 0 Å². The first kappa shape index (κ1) is 42.4. The van der Waals surface area contributed by atoms with E-state index in [0.717, 1.165) is 24.3 Å². The summed E-state index contributed by atoms with van der Waals surface area (Å²) in [5.41, 5.74) is -4.65. The van der Waals surface area contributed by atoms with Crippen molar-refractivity contribution in [1.29, 1.82) is 0 Å². The number of benzene rings is 4. The molecule has 1 spiro atoms. The fourth-order valence-corrected chi connectivity index (χ4v) is 7.56. The van der Waals surface area contributed by atoms with Crippen LogP contribution in [0.3, 0.4) is 0 Å². The van der Waals surface area contributed by atoms with Gasteiger partial charge in [0, 0.05) is 0 Å². The van der Waals surface area contributed by atoms with Crippen LogP contribution in [-0.2, 0) is 70.1 Å². The van der Waals surface area contributed by atoms with Crippen LogP contribution >= 0.6 is 0 Å². The van der Waals surface area contributed by atoms with Gasteiger partial charge in [-0.05, 0) is 46.5 Å². The minimum Gasteiger partial charge on any atom is -0.365 e. The molecule has 2 aliphatic heterocycles. The molecule has 0 N–H and O–H groups in total. The van der Waals surface area contributed by atoms with E-state index in [1.807, 2.05) is 0 Å². The lowest BCUT2D eigenvalue weighted by atomic mass is 10.1. The molecule has 0 unspecified atom stereocenters. The first-order valence-electron chi connectivity index (χ1n) is 17.7. The van der Waals surface area contributed by atoms with Crippen molar-refractivity contribution in [3.63, 3.8) is 0 Å². The Morgan fingerprint density at radius 1 is 0.351 bits per heavy atom. The van der Waals surface area contributed by atoms with E-state index >= 15 is 0 Å². The summed E-state index contributed by atoms with van der Waals surface area (Å²) in [5, 5.41) is 0. The Labute approximate surface area is 319 Å². The molecule has 17 heteroatoms. The highest BCUT2D eigenvalue weighted by Crippen LogP contribution is 2.39. The van der Waals surface area contributed by atoms with Crippen molar-refractivity contribution in [2.75, 3.05) is 26.2 Å². The third kappa shape index (κ3) is 10.3. The third-order valence-electron chi connectivity index (χ3n) is 10.2. The van der Waals surface area contributed by atoms with Crippen LogP contribution in [0.4, 0.5) is 52.7 Å². The highest BCUT2D eigenvalue weighted by molar-refractivity contribution is 5.31. The molecular formula is C40H36F12NO4+. The van der Waals surface area contributed by atoms with Gasteiger partial charge in [0.1, 0.15) is 50.6 Å². The fourth-order valence-electron chi connectivity index (χ4n) is 7.56. The summed E-state index contributed by atoms with van der Waals surface area (Å²) < 4.78 is 190. The van der Waals surface area contributed by atoms with E-state index < -0.39 is 97.8 Å². The summed E-state index contributed by atoms with van der Waals surface area (Å²) in [6.45, 7) is -2.22. The van der Waals surface area contributed by atoms with Crippen LogP contribution in [-0.4, -0.2) is 55.1 Å². The van der Waals surface area contributed by atoms with Gasteiger partial charge in [-0.3, -0.25) is 0 Å². The second-order valence-corrected chi connectivity index (χ2v) is 14.1. The maximum absolute atomic E-state index is 13.8.